The maximum absolute atomic E-state index is 12.9. The first-order valence-corrected chi connectivity index (χ1v) is 6.29. The topological polar surface area (TPSA) is 71.1 Å². The molecule has 20 heavy (non-hydrogen) atoms. The first-order chi connectivity index (χ1) is 9.72. The minimum atomic E-state index is -0.471. The molecule has 2 heterocycles. The van der Waals surface area contributed by atoms with Crippen LogP contribution in [-0.2, 0) is 4.74 Å². The van der Waals surface area contributed by atoms with Crippen molar-refractivity contribution in [3.63, 3.8) is 0 Å². The van der Waals surface area contributed by atoms with Crippen LogP contribution in [0.4, 0.5) is 10.3 Å². The highest BCUT2D eigenvalue weighted by Gasteiger charge is 2.15. The molecule has 104 valence electrons. The van der Waals surface area contributed by atoms with E-state index in [0.29, 0.717) is 43.6 Å². The number of benzene rings is 1. The third-order valence-electron chi connectivity index (χ3n) is 3.05. The van der Waals surface area contributed by atoms with Gasteiger partial charge in [-0.3, -0.25) is 4.98 Å². The molecule has 6 nitrogen and oxygen atoms in total. The molecule has 0 atom stereocenters. The van der Waals surface area contributed by atoms with Crippen LogP contribution in [0.5, 0.6) is 0 Å². The normalized spacial score (nSPS) is 15.3. The Bertz CT molecular complexity index is 650. The van der Waals surface area contributed by atoms with E-state index in [9.17, 15) is 9.18 Å². The third-order valence-corrected chi connectivity index (χ3v) is 3.05. The average molecular weight is 276 g/mol. The second-order valence-electron chi connectivity index (χ2n) is 4.41. The molecular weight excluding hydrogens is 263 g/mol. The second kappa shape index (κ2) is 5.38. The van der Waals surface area contributed by atoms with Gasteiger partial charge in [0.1, 0.15) is 11.6 Å². The van der Waals surface area contributed by atoms with Crippen LogP contribution in [0.2, 0.25) is 0 Å². The smallest absolute Gasteiger partial charge is 0.349 e. The van der Waals surface area contributed by atoms with Gasteiger partial charge in [0.2, 0.25) is 5.95 Å². The Morgan fingerprint density at radius 1 is 1.15 bits per heavy atom. The van der Waals surface area contributed by atoms with Gasteiger partial charge in [-0.25, -0.2) is 9.18 Å². The number of morpholine rings is 1. The van der Waals surface area contributed by atoms with Crippen molar-refractivity contribution in [1.82, 2.24) is 15.0 Å². The van der Waals surface area contributed by atoms with Crippen LogP contribution < -0.4 is 10.6 Å². The lowest BCUT2D eigenvalue weighted by Crippen LogP contribution is -2.38. The predicted molar refractivity (Wildman–Crippen MR) is 71.1 cm³/mol. The van der Waals surface area contributed by atoms with E-state index in [1.807, 2.05) is 4.90 Å². The quantitative estimate of drug-likeness (QED) is 0.878. The number of halogens is 1. The molecule has 0 unspecified atom stereocenters. The Hall–Kier alpha value is -2.28. The molecule has 0 amide bonds. The first kappa shape index (κ1) is 12.7. The number of aromatic amines is 1. The molecular formula is C13H13FN4O2. The molecule has 0 radical (unpaired) electrons. The van der Waals surface area contributed by atoms with Crippen LogP contribution in [0.3, 0.4) is 0 Å². The maximum atomic E-state index is 12.9. The van der Waals surface area contributed by atoms with Crippen LogP contribution in [0.15, 0.2) is 29.1 Å². The second-order valence-corrected chi connectivity index (χ2v) is 4.41. The van der Waals surface area contributed by atoms with Gasteiger partial charge in [-0.15, -0.1) is 0 Å². The Balaban J connectivity index is 1.97. The molecule has 1 saturated heterocycles. The van der Waals surface area contributed by atoms with Crippen molar-refractivity contribution in [2.75, 3.05) is 31.2 Å². The molecule has 0 spiro atoms. The van der Waals surface area contributed by atoms with Gasteiger partial charge in [-0.05, 0) is 24.3 Å². The SMILES string of the molecule is O=c1nc(N2CCOCC2)nc(-c2ccc(F)cc2)[nH]1. The highest BCUT2D eigenvalue weighted by Crippen LogP contribution is 2.16. The number of H-pyrrole nitrogens is 1. The zero-order valence-electron chi connectivity index (χ0n) is 10.7. The summed E-state index contributed by atoms with van der Waals surface area (Å²) in [5, 5.41) is 0. The van der Waals surface area contributed by atoms with E-state index in [-0.39, 0.29) is 5.82 Å². The molecule has 2 aromatic rings. The van der Waals surface area contributed by atoms with Crippen LogP contribution in [0, 0.1) is 5.82 Å². The zero-order valence-corrected chi connectivity index (χ0v) is 10.7. The van der Waals surface area contributed by atoms with Crippen molar-refractivity contribution in [1.29, 1.82) is 0 Å². The Morgan fingerprint density at radius 3 is 2.55 bits per heavy atom. The Labute approximate surface area is 114 Å². The van der Waals surface area contributed by atoms with Crippen molar-refractivity contribution in [2.45, 2.75) is 0 Å². The van der Waals surface area contributed by atoms with Crippen molar-refractivity contribution >= 4 is 5.95 Å². The number of ether oxygens (including phenoxy) is 1. The summed E-state index contributed by atoms with van der Waals surface area (Å²) in [6.07, 6.45) is 0. The molecule has 3 rings (SSSR count). The Kier molecular flexibility index (Phi) is 3.42. The van der Waals surface area contributed by atoms with Gasteiger partial charge in [0.25, 0.3) is 0 Å². The predicted octanol–water partition coefficient (Wildman–Crippen LogP) is 0.808. The van der Waals surface area contributed by atoms with E-state index in [1.165, 1.54) is 12.1 Å². The van der Waals surface area contributed by atoms with Gasteiger partial charge in [0.05, 0.1) is 13.2 Å². The summed E-state index contributed by atoms with van der Waals surface area (Å²) in [6.45, 7) is 2.46. The van der Waals surface area contributed by atoms with E-state index >= 15 is 0 Å². The van der Waals surface area contributed by atoms with Crippen LogP contribution in [0.1, 0.15) is 0 Å². The molecule has 1 N–H and O–H groups in total. The van der Waals surface area contributed by atoms with Crippen molar-refractivity contribution < 1.29 is 9.13 Å². The third kappa shape index (κ3) is 2.67. The van der Waals surface area contributed by atoms with E-state index < -0.39 is 5.69 Å². The van der Waals surface area contributed by atoms with Gasteiger partial charge in [-0.2, -0.15) is 9.97 Å². The number of anilines is 1. The molecule has 7 heteroatoms. The summed E-state index contributed by atoms with van der Waals surface area (Å²) in [7, 11) is 0. The van der Waals surface area contributed by atoms with Crippen LogP contribution >= 0.6 is 0 Å². The molecule has 0 bridgehead atoms. The van der Waals surface area contributed by atoms with Crippen LogP contribution in [-0.4, -0.2) is 41.3 Å². The highest BCUT2D eigenvalue weighted by molar-refractivity contribution is 5.55. The van der Waals surface area contributed by atoms with E-state index in [2.05, 4.69) is 15.0 Å². The molecule has 1 aliphatic rings. The summed E-state index contributed by atoms with van der Waals surface area (Å²) in [5.74, 6) is 0.418. The summed E-state index contributed by atoms with van der Waals surface area (Å²) < 4.78 is 18.2. The summed E-state index contributed by atoms with van der Waals surface area (Å²) in [5.41, 5.74) is 0.168. The van der Waals surface area contributed by atoms with Crippen molar-refractivity contribution in [3.8, 4) is 11.4 Å². The molecule has 0 aliphatic carbocycles. The highest BCUT2D eigenvalue weighted by atomic mass is 19.1. The van der Waals surface area contributed by atoms with Gasteiger partial charge >= 0.3 is 5.69 Å². The van der Waals surface area contributed by atoms with Crippen molar-refractivity contribution in [3.05, 3.63) is 40.6 Å². The first-order valence-electron chi connectivity index (χ1n) is 6.29. The van der Waals surface area contributed by atoms with Gasteiger partial charge < -0.3 is 9.64 Å². The number of hydrogen-bond donors (Lipinski definition) is 1. The lowest BCUT2D eigenvalue weighted by atomic mass is 10.2. The summed E-state index contributed by atoms with van der Waals surface area (Å²) in [4.78, 5) is 24.3. The van der Waals surface area contributed by atoms with E-state index in [0.717, 1.165) is 0 Å². The zero-order chi connectivity index (χ0) is 13.9. The minimum absolute atomic E-state index is 0.335. The fourth-order valence-corrected chi connectivity index (χ4v) is 2.02. The summed E-state index contributed by atoms with van der Waals surface area (Å²) >= 11 is 0. The molecule has 1 aromatic carbocycles. The number of hydrogen-bond acceptors (Lipinski definition) is 5. The number of nitrogens with zero attached hydrogens (tertiary/aromatic N) is 3. The van der Waals surface area contributed by atoms with Gasteiger partial charge in [0.15, 0.2) is 0 Å². The average Bonchev–Trinajstić information content (AvgIpc) is 2.48. The molecule has 1 aliphatic heterocycles. The Morgan fingerprint density at radius 2 is 1.85 bits per heavy atom. The molecule has 1 aromatic heterocycles. The van der Waals surface area contributed by atoms with Gasteiger partial charge in [-0.1, -0.05) is 0 Å². The monoisotopic (exact) mass is 276 g/mol. The van der Waals surface area contributed by atoms with Gasteiger partial charge in [0, 0.05) is 18.7 Å². The largest absolute Gasteiger partial charge is 0.378 e. The fourth-order valence-electron chi connectivity index (χ4n) is 2.02. The standard InChI is InChI=1S/C13H13FN4O2/c14-10-3-1-9(2-4-10)11-15-12(17-13(19)16-11)18-5-7-20-8-6-18/h1-4H,5-8H2,(H,15,16,17,19). The minimum Gasteiger partial charge on any atom is -0.378 e. The number of aromatic nitrogens is 3. The van der Waals surface area contributed by atoms with E-state index in [1.54, 1.807) is 12.1 Å². The fraction of sp³-hybridized carbons (Fsp3) is 0.308. The maximum Gasteiger partial charge on any atom is 0.349 e. The molecule has 1 fully saturated rings. The van der Waals surface area contributed by atoms with Crippen LogP contribution in [0.25, 0.3) is 11.4 Å². The van der Waals surface area contributed by atoms with E-state index in [4.69, 9.17) is 4.74 Å². The number of nitrogens with one attached hydrogen (secondary N) is 1. The summed E-state index contributed by atoms with van der Waals surface area (Å²) in [6, 6.07) is 5.78. The van der Waals surface area contributed by atoms with Crippen molar-refractivity contribution in [2.24, 2.45) is 0 Å². The number of rotatable bonds is 2. The lowest BCUT2D eigenvalue weighted by molar-refractivity contribution is 0.122. The lowest BCUT2D eigenvalue weighted by Gasteiger charge is -2.26. The molecule has 0 saturated carbocycles.